The lowest BCUT2D eigenvalue weighted by Gasteiger charge is -2.49. The molecular formula is C30H38FN5O2. The molecule has 3 aliphatic rings. The number of hydrogen-bond donors (Lipinski definition) is 1. The lowest BCUT2D eigenvalue weighted by molar-refractivity contribution is -0.0394. The van der Waals surface area contributed by atoms with Gasteiger partial charge in [-0.25, -0.2) is 9.07 Å². The summed E-state index contributed by atoms with van der Waals surface area (Å²) >= 11 is 0. The zero-order valence-corrected chi connectivity index (χ0v) is 23.1. The molecule has 0 spiro atoms. The van der Waals surface area contributed by atoms with E-state index in [1.807, 2.05) is 29.1 Å². The zero-order valence-electron chi connectivity index (χ0n) is 23.1. The monoisotopic (exact) mass is 519 g/mol. The van der Waals surface area contributed by atoms with Crippen LogP contribution in [-0.4, -0.2) is 45.5 Å². The molecule has 2 aromatic heterocycles. The highest BCUT2D eigenvalue weighted by Gasteiger charge is 2.39. The van der Waals surface area contributed by atoms with Crippen molar-refractivity contribution < 1.29 is 13.9 Å². The summed E-state index contributed by atoms with van der Waals surface area (Å²) in [5.74, 6) is 1.16. The van der Waals surface area contributed by atoms with Crippen LogP contribution in [0.1, 0.15) is 71.6 Å². The molecule has 0 aliphatic carbocycles. The highest BCUT2D eigenvalue weighted by Crippen LogP contribution is 2.41. The molecule has 3 aliphatic heterocycles. The van der Waals surface area contributed by atoms with E-state index in [0.29, 0.717) is 24.1 Å². The number of benzene rings is 1. The maximum Gasteiger partial charge on any atom is 0.223 e. The van der Waals surface area contributed by atoms with Gasteiger partial charge in [0.1, 0.15) is 24.5 Å². The summed E-state index contributed by atoms with van der Waals surface area (Å²) in [5, 5.41) is 8.21. The van der Waals surface area contributed by atoms with E-state index >= 15 is 4.39 Å². The molecule has 1 aromatic carbocycles. The number of pyridine rings is 1. The first kappa shape index (κ1) is 25.3. The Bertz CT molecular complexity index is 1330. The summed E-state index contributed by atoms with van der Waals surface area (Å²) in [6.45, 7) is 10.1. The van der Waals surface area contributed by atoms with E-state index in [1.165, 1.54) is 0 Å². The Kier molecular flexibility index (Phi) is 6.23. The summed E-state index contributed by atoms with van der Waals surface area (Å²) in [6.07, 6.45) is 8.68. The highest BCUT2D eigenvalue weighted by molar-refractivity contribution is 5.78. The molecule has 2 fully saturated rings. The Balaban J connectivity index is 1.26. The van der Waals surface area contributed by atoms with Gasteiger partial charge in [0, 0.05) is 53.7 Å². The molecule has 0 saturated carbocycles. The first-order valence-electron chi connectivity index (χ1n) is 13.7. The lowest BCUT2D eigenvalue weighted by Crippen LogP contribution is -2.62. The van der Waals surface area contributed by atoms with Crippen LogP contribution in [0.2, 0.25) is 0 Å². The average Bonchev–Trinajstić information content (AvgIpc) is 3.36. The van der Waals surface area contributed by atoms with E-state index in [0.717, 1.165) is 66.8 Å². The molecule has 2 saturated heterocycles. The predicted molar refractivity (Wildman–Crippen MR) is 147 cm³/mol. The van der Waals surface area contributed by atoms with E-state index in [2.05, 4.69) is 50.1 Å². The molecule has 1 atom stereocenters. The molecule has 1 N–H and O–H groups in total. The van der Waals surface area contributed by atoms with E-state index in [9.17, 15) is 0 Å². The van der Waals surface area contributed by atoms with Crippen LogP contribution in [0.5, 0.6) is 5.88 Å². The average molecular weight is 520 g/mol. The molecule has 38 heavy (non-hydrogen) atoms. The van der Waals surface area contributed by atoms with E-state index < -0.39 is 0 Å². The highest BCUT2D eigenvalue weighted by atomic mass is 19.1. The van der Waals surface area contributed by atoms with E-state index in [4.69, 9.17) is 14.5 Å². The van der Waals surface area contributed by atoms with Crippen molar-refractivity contribution in [2.75, 3.05) is 18.6 Å². The Labute approximate surface area is 224 Å². The van der Waals surface area contributed by atoms with Crippen molar-refractivity contribution in [2.24, 2.45) is 0 Å². The van der Waals surface area contributed by atoms with Crippen molar-refractivity contribution >= 4 is 5.82 Å². The second kappa shape index (κ2) is 9.35. The number of anilines is 1. The first-order chi connectivity index (χ1) is 18.1. The normalized spacial score (nSPS) is 22.3. The van der Waals surface area contributed by atoms with Crippen LogP contribution in [-0.2, 0) is 11.3 Å². The number of piperidine rings is 1. The maximum atomic E-state index is 15.5. The minimum atomic E-state index is -0.277. The molecule has 7 nitrogen and oxygen atoms in total. The van der Waals surface area contributed by atoms with Gasteiger partial charge in [-0.3, -0.25) is 0 Å². The fourth-order valence-electron chi connectivity index (χ4n) is 6.59. The second-order valence-electron chi connectivity index (χ2n) is 12.4. The quantitative estimate of drug-likeness (QED) is 0.450. The van der Waals surface area contributed by atoms with Crippen molar-refractivity contribution in [1.29, 1.82) is 0 Å². The summed E-state index contributed by atoms with van der Waals surface area (Å²) in [6, 6.07) is 7.89. The zero-order chi connectivity index (χ0) is 26.7. The number of nitrogens with zero attached hydrogens (tertiary/aromatic N) is 4. The minimum absolute atomic E-state index is 0.0412. The van der Waals surface area contributed by atoms with Crippen LogP contribution in [0.3, 0.4) is 0 Å². The third-order valence-electron chi connectivity index (χ3n) is 8.13. The van der Waals surface area contributed by atoms with Crippen LogP contribution in [0.15, 0.2) is 36.7 Å². The Morgan fingerprint density at radius 3 is 2.58 bits per heavy atom. The number of nitrogens with one attached hydrogen (secondary N) is 1. The molecular weight excluding hydrogens is 481 g/mol. The third-order valence-corrected chi connectivity index (χ3v) is 8.13. The molecule has 3 aromatic rings. The van der Waals surface area contributed by atoms with Gasteiger partial charge in [0.25, 0.3) is 0 Å². The molecule has 202 valence electrons. The fourth-order valence-corrected chi connectivity index (χ4v) is 6.59. The number of ether oxygens (including phenoxy) is 2. The van der Waals surface area contributed by atoms with E-state index in [-0.39, 0.29) is 23.1 Å². The Morgan fingerprint density at radius 1 is 1.05 bits per heavy atom. The first-order valence-corrected chi connectivity index (χ1v) is 13.7. The van der Waals surface area contributed by atoms with Gasteiger partial charge in [0.2, 0.25) is 5.88 Å². The van der Waals surface area contributed by atoms with Gasteiger partial charge in [-0.1, -0.05) is 0 Å². The third kappa shape index (κ3) is 4.80. The van der Waals surface area contributed by atoms with Crippen molar-refractivity contribution in [3.8, 4) is 28.1 Å². The van der Waals surface area contributed by atoms with Gasteiger partial charge in [0.05, 0.1) is 6.20 Å². The lowest BCUT2D eigenvalue weighted by atomic mass is 9.79. The standard InChI is InChI=1S/C30H38FN5O2/c1-29(2)14-21(15-30(3,4)34-29)35(5)26-10-9-22-23-13-25(31)24(12-19(23)18-38-28(22)33-26)20-16-32-36(17-20)27-8-6-7-11-37-27/h9-10,12-13,16-17,21,27,34H,6-8,11,14-15,18H2,1-5H3. The molecule has 0 radical (unpaired) electrons. The summed E-state index contributed by atoms with van der Waals surface area (Å²) < 4.78 is 29.2. The maximum absolute atomic E-state index is 15.5. The summed E-state index contributed by atoms with van der Waals surface area (Å²) in [4.78, 5) is 7.15. The van der Waals surface area contributed by atoms with Gasteiger partial charge in [-0.2, -0.15) is 10.1 Å². The summed E-state index contributed by atoms with van der Waals surface area (Å²) in [7, 11) is 2.11. The molecule has 6 rings (SSSR count). The second-order valence-corrected chi connectivity index (χ2v) is 12.4. The van der Waals surface area contributed by atoms with Gasteiger partial charge in [-0.15, -0.1) is 0 Å². The molecule has 0 amide bonds. The van der Waals surface area contributed by atoms with Crippen molar-refractivity contribution in [3.63, 3.8) is 0 Å². The van der Waals surface area contributed by atoms with Crippen LogP contribution < -0.4 is 15.0 Å². The predicted octanol–water partition coefficient (Wildman–Crippen LogP) is 6.09. The van der Waals surface area contributed by atoms with Crippen molar-refractivity contribution in [3.05, 3.63) is 48.0 Å². The molecule has 8 heteroatoms. The number of halogens is 1. The molecule has 0 bridgehead atoms. The smallest absolute Gasteiger partial charge is 0.223 e. The number of rotatable bonds is 4. The van der Waals surface area contributed by atoms with Crippen molar-refractivity contribution in [1.82, 2.24) is 20.1 Å². The minimum Gasteiger partial charge on any atom is -0.472 e. The SMILES string of the molecule is CN(c1ccc2c(n1)OCc1cc(-c3cnn(C4CCCCO4)c3)c(F)cc1-2)C1CC(C)(C)NC(C)(C)C1. The number of fused-ring (bicyclic) bond motifs is 3. The topological polar surface area (TPSA) is 64.4 Å². The number of aromatic nitrogens is 3. The molecule has 5 heterocycles. The van der Waals surface area contributed by atoms with Gasteiger partial charge < -0.3 is 19.7 Å². The van der Waals surface area contributed by atoms with Crippen LogP contribution in [0, 0.1) is 5.82 Å². The van der Waals surface area contributed by atoms with Crippen LogP contribution in [0.4, 0.5) is 10.2 Å². The fraction of sp³-hybridized carbons (Fsp3) is 0.533. The van der Waals surface area contributed by atoms with Gasteiger partial charge in [0.15, 0.2) is 0 Å². The Hall–Kier alpha value is -2.97. The van der Waals surface area contributed by atoms with Gasteiger partial charge >= 0.3 is 0 Å². The van der Waals surface area contributed by atoms with Crippen molar-refractivity contribution in [2.45, 2.75) is 89.8 Å². The number of hydrogen-bond acceptors (Lipinski definition) is 6. The molecule has 1 unspecified atom stereocenters. The van der Waals surface area contributed by atoms with E-state index in [1.54, 1.807) is 12.3 Å². The van der Waals surface area contributed by atoms with Crippen LogP contribution >= 0.6 is 0 Å². The van der Waals surface area contributed by atoms with Crippen LogP contribution in [0.25, 0.3) is 22.3 Å². The van der Waals surface area contributed by atoms with Gasteiger partial charge in [-0.05, 0) is 95.2 Å². The summed E-state index contributed by atoms with van der Waals surface area (Å²) in [5.41, 5.74) is 3.96. The largest absolute Gasteiger partial charge is 0.472 e. The Morgan fingerprint density at radius 2 is 1.84 bits per heavy atom.